The van der Waals surface area contributed by atoms with E-state index in [1.54, 1.807) is 17.4 Å². The minimum Gasteiger partial charge on any atom is -0.393 e. The van der Waals surface area contributed by atoms with E-state index in [4.69, 9.17) is 5.73 Å². The van der Waals surface area contributed by atoms with Crippen LogP contribution in [0.15, 0.2) is 34.8 Å². The van der Waals surface area contributed by atoms with Crippen LogP contribution in [0.25, 0.3) is 0 Å². The average molecular weight is 486 g/mol. The first-order valence-electron chi connectivity index (χ1n) is 10.2. The van der Waals surface area contributed by atoms with Crippen LogP contribution < -0.4 is 5.73 Å². The average Bonchev–Trinajstić information content (AvgIpc) is 3.11. The maximum absolute atomic E-state index is 10.7. The predicted molar refractivity (Wildman–Crippen MR) is 121 cm³/mol. The van der Waals surface area contributed by atoms with Gasteiger partial charge in [0, 0.05) is 33.0 Å². The lowest BCUT2D eigenvalue weighted by atomic mass is 9.89. The molecule has 5 nitrogen and oxygen atoms in total. The summed E-state index contributed by atoms with van der Waals surface area (Å²) >= 11 is 5.24. The van der Waals surface area contributed by atoms with Crippen LogP contribution in [0.2, 0.25) is 0 Å². The van der Waals surface area contributed by atoms with Crippen LogP contribution in [0, 0.1) is 18.8 Å². The Bertz CT molecular complexity index is 698. The number of unbranched alkanes of at least 4 members (excludes halogenated alkanes) is 1. The monoisotopic (exact) mass is 485 g/mol. The molecule has 1 aromatic rings. The SMILES string of the molecule is Cc1sc(CCC(O)/C=C/[C@H]2C(O)CC(O)[C@@H]2C/C=C\CCCC(N)=O)cc1Br. The molecule has 1 aromatic heterocycles. The Hall–Kier alpha value is -0.990. The number of amides is 1. The van der Waals surface area contributed by atoms with Crippen LogP contribution in [0.5, 0.6) is 0 Å². The molecule has 1 amide bonds. The summed E-state index contributed by atoms with van der Waals surface area (Å²) in [5, 5.41) is 30.9. The molecule has 1 aliphatic carbocycles. The second-order valence-corrected chi connectivity index (χ2v) is 9.98. The second-order valence-electron chi connectivity index (χ2n) is 7.79. The number of carbonyl (C=O) groups is 1. The number of thiophene rings is 1. The van der Waals surface area contributed by atoms with E-state index in [0.717, 1.165) is 23.7 Å². The molecule has 3 unspecified atom stereocenters. The number of nitrogens with two attached hydrogens (primary N) is 1. The van der Waals surface area contributed by atoms with Crippen molar-refractivity contribution in [2.24, 2.45) is 17.6 Å². The molecule has 0 saturated heterocycles. The van der Waals surface area contributed by atoms with Crippen LogP contribution in [-0.2, 0) is 11.2 Å². The van der Waals surface area contributed by atoms with E-state index < -0.39 is 18.3 Å². The summed E-state index contributed by atoms with van der Waals surface area (Å²) < 4.78 is 1.11. The zero-order chi connectivity index (χ0) is 21.4. The summed E-state index contributed by atoms with van der Waals surface area (Å²) in [6, 6.07) is 2.10. The van der Waals surface area contributed by atoms with Crippen LogP contribution in [0.3, 0.4) is 0 Å². The maximum atomic E-state index is 10.7. The number of aryl methyl sites for hydroxylation is 2. The molecular formula is C22H32BrNO4S. The number of hydrogen-bond acceptors (Lipinski definition) is 5. The Morgan fingerprint density at radius 2 is 2.14 bits per heavy atom. The topological polar surface area (TPSA) is 104 Å². The highest BCUT2D eigenvalue weighted by molar-refractivity contribution is 9.10. The van der Waals surface area contributed by atoms with Gasteiger partial charge in [0.2, 0.25) is 5.91 Å². The first kappa shape index (κ1) is 24.3. The van der Waals surface area contributed by atoms with Gasteiger partial charge in [0.15, 0.2) is 0 Å². The third kappa shape index (κ3) is 7.98. The van der Waals surface area contributed by atoms with Crippen molar-refractivity contribution in [2.45, 2.75) is 70.2 Å². The fourth-order valence-corrected chi connectivity index (χ4v) is 5.37. The Morgan fingerprint density at radius 3 is 2.79 bits per heavy atom. The van der Waals surface area contributed by atoms with Crippen molar-refractivity contribution in [1.82, 2.24) is 0 Å². The van der Waals surface area contributed by atoms with Gasteiger partial charge in [-0.1, -0.05) is 24.3 Å². The summed E-state index contributed by atoms with van der Waals surface area (Å²) in [5.41, 5.74) is 5.12. The van der Waals surface area contributed by atoms with Gasteiger partial charge in [-0.25, -0.2) is 0 Å². The van der Waals surface area contributed by atoms with E-state index in [-0.39, 0.29) is 17.7 Å². The summed E-state index contributed by atoms with van der Waals surface area (Å²) in [6.45, 7) is 2.06. The molecule has 7 heteroatoms. The predicted octanol–water partition coefficient (Wildman–Crippen LogP) is 3.63. The largest absolute Gasteiger partial charge is 0.393 e. The highest BCUT2D eigenvalue weighted by Gasteiger charge is 2.39. The molecule has 2 rings (SSSR count). The molecule has 0 bridgehead atoms. The fraction of sp³-hybridized carbons (Fsp3) is 0.591. The normalized spacial score (nSPS) is 26.0. The van der Waals surface area contributed by atoms with Gasteiger partial charge in [-0.2, -0.15) is 0 Å². The molecule has 0 aromatic carbocycles. The van der Waals surface area contributed by atoms with Crippen molar-refractivity contribution in [2.75, 3.05) is 0 Å². The third-order valence-corrected chi connectivity index (χ3v) is 7.63. The number of carbonyl (C=O) groups excluding carboxylic acids is 1. The second kappa shape index (κ2) is 12.0. The molecule has 162 valence electrons. The number of halogens is 1. The van der Waals surface area contributed by atoms with Gasteiger partial charge < -0.3 is 21.1 Å². The summed E-state index contributed by atoms with van der Waals surface area (Å²) in [5.74, 6) is -0.539. The number of rotatable bonds is 11. The number of aliphatic hydroxyl groups excluding tert-OH is 3. The van der Waals surface area contributed by atoms with Gasteiger partial charge in [-0.05, 0) is 66.9 Å². The van der Waals surface area contributed by atoms with E-state index in [0.29, 0.717) is 25.7 Å². The molecule has 0 aliphatic heterocycles. The zero-order valence-electron chi connectivity index (χ0n) is 16.8. The van der Waals surface area contributed by atoms with Gasteiger partial charge in [0.25, 0.3) is 0 Å². The highest BCUT2D eigenvalue weighted by Crippen LogP contribution is 2.36. The first-order valence-corrected chi connectivity index (χ1v) is 11.8. The molecule has 29 heavy (non-hydrogen) atoms. The number of allylic oxidation sites excluding steroid dienone is 2. The zero-order valence-corrected chi connectivity index (χ0v) is 19.2. The quantitative estimate of drug-likeness (QED) is 0.283. The summed E-state index contributed by atoms with van der Waals surface area (Å²) in [7, 11) is 0. The number of hydrogen-bond donors (Lipinski definition) is 4. The van der Waals surface area contributed by atoms with Crippen LogP contribution in [0.4, 0.5) is 0 Å². The van der Waals surface area contributed by atoms with Gasteiger partial charge in [-0.3, -0.25) is 4.79 Å². The van der Waals surface area contributed by atoms with Gasteiger partial charge >= 0.3 is 0 Å². The Kier molecular flexibility index (Phi) is 10.1. The Labute approximate surface area is 185 Å². The lowest BCUT2D eigenvalue weighted by molar-refractivity contribution is -0.118. The molecule has 5 N–H and O–H groups in total. The van der Waals surface area contributed by atoms with E-state index in [1.807, 2.05) is 18.2 Å². The van der Waals surface area contributed by atoms with Crippen molar-refractivity contribution >= 4 is 33.2 Å². The van der Waals surface area contributed by atoms with E-state index in [2.05, 4.69) is 28.9 Å². The standard InChI is InChI=1S/C22H32BrNO4S/c1-14-19(23)12-16(29-14)10-8-15(25)9-11-18-17(20(26)13-21(18)27)6-4-2-3-5-7-22(24)28/h2,4,9,11-12,15,17-18,20-21,25-27H,3,5-8,10,13H2,1H3,(H2,24,28)/b4-2-,11-9+/t15?,17-,18-,20?,21?/m1/s1. The van der Waals surface area contributed by atoms with E-state index in [9.17, 15) is 20.1 Å². The van der Waals surface area contributed by atoms with Crippen LogP contribution >= 0.6 is 27.3 Å². The molecule has 0 spiro atoms. The smallest absolute Gasteiger partial charge is 0.217 e. The first-order chi connectivity index (χ1) is 13.8. The molecule has 1 saturated carbocycles. The van der Waals surface area contributed by atoms with Crippen molar-refractivity contribution in [3.8, 4) is 0 Å². The summed E-state index contributed by atoms with van der Waals surface area (Å²) in [4.78, 5) is 13.2. The maximum Gasteiger partial charge on any atom is 0.217 e. The lowest BCUT2D eigenvalue weighted by Gasteiger charge is -2.19. The van der Waals surface area contributed by atoms with Gasteiger partial charge in [0.1, 0.15) is 0 Å². The Morgan fingerprint density at radius 1 is 1.38 bits per heavy atom. The molecule has 1 aliphatic rings. The third-order valence-electron chi connectivity index (χ3n) is 5.43. The Balaban J connectivity index is 1.83. The van der Waals surface area contributed by atoms with Gasteiger partial charge in [0.05, 0.1) is 18.3 Å². The number of primary amides is 1. The van der Waals surface area contributed by atoms with Crippen molar-refractivity contribution in [1.29, 1.82) is 0 Å². The molecular weight excluding hydrogens is 454 g/mol. The van der Waals surface area contributed by atoms with Crippen molar-refractivity contribution in [3.63, 3.8) is 0 Å². The van der Waals surface area contributed by atoms with Crippen LogP contribution in [0.1, 0.15) is 48.3 Å². The fourth-order valence-electron chi connectivity index (χ4n) is 3.76. The lowest BCUT2D eigenvalue weighted by Crippen LogP contribution is -2.20. The molecule has 1 heterocycles. The number of aliphatic hydroxyl groups is 3. The minimum atomic E-state index is -0.599. The minimum absolute atomic E-state index is 0.0725. The van der Waals surface area contributed by atoms with Crippen LogP contribution in [-0.4, -0.2) is 39.5 Å². The highest BCUT2D eigenvalue weighted by atomic mass is 79.9. The summed E-state index contributed by atoms with van der Waals surface area (Å²) in [6.07, 6.45) is 10.2. The molecule has 5 atom stereocenters. The molecule has 1 fully saturated rings. The van der Waals surface area contributed by atoms with E-state index in [1.165, 1.54) is 9.75 Å². The van der Waals surface area contributed by atoms with Crippen molar-refractivity contribution in [3.05, 3.63) is 44.6 Å². The van der Waals surface area contributed by atoms with Crippen molar-refractivity contribution < 1.29 is 20.1 Å². The van der Waals surface area contributed by atoms with E-state index >= 15 is 0 Å². The molecule has 0 radical (unpaired) electrons. The van der Waals surface area contributed by atoms with Gasteiger partial charge in [-0.15, -0.1) is 11.3 Å².